The number of aryl methyl sites for hydroxylation is 1. The molecule has 0 spiro atoms. The fourth-order valence-electron chi connectivity index (χ4n) is 3.07. The number of benzene rings is 1. The molecule has 10 heteroatoms. The number of anilines is 1. The van der Waals surface area contributed by atoms with Crippen LogP contribution in [0.2, 0.25) is 0 Å². The van der Waals surface area contributed by atoms with E-state index in [0.717, 1.165) is 5.56 Å². The number of likely N-dealkylation sites (N-methyl/N-ethyl adjacent to an activating group) is 1. The number of sulfonamides is 1. The lowest BCUT2D eigenvalue weighted by atomic mass is 10.1. The number of halogens is 1. The first-order chi connectivity index (χ1) is 13.4. The van der Waals surface area contributed by atoms with E-state index in [-0.39, 0.29) is 17.0 Å². The van der Waals surface area contributed by atoms with Crippen LogP contribution >= 0.6 is 0 Å². The predicted octanol–water partition coefficient (Wildman–Crippen LogP) is 1.53. The highest BCUT2D eigenvalue weighted by Crippen LogP contribution is 2.26. The van der Waals surface area contributed by atoms with Gasteiger partial charge in [-0.3, -0.25) is 0 Å². The van der Waals surface area contributed by atoms with Crippen LogP contribution in [0.15, 0.2) is 53.9 Å². The Labute approximate surface area is 162 Å². The van der Waals surface area contributed by atoms with Gasteiger partial charge in [-0.2, -0.15) is 4.31 Å². The second-order valence-corrected chi connectivity index (χ2v) is 8.58. The van der Waals surface area contributed by atoms with Crippen molar-refractivity contribution in [1.82, 2.24) is 24.1 Å². The van der Waals surface area contributed by atoms with Gasteiger partial charge in [-0.1, -0.05) is 0 Å². The minimum Gasteiger partial charge on any atom is -0.352 e. The smallest absolute Gasteiger partial charge is 0.277 e. The molecule has 1 saturated heterocycles. The second kappa shape index (κ2) is 6.95. The van der Waals surface area contributed by atoms with Crippen LogP contribution in [-0.2, 0) is 17.1 Å². The molecular weight excluding hydrogens is 383 g/mol. The quantitative estimate of drug-likeness (QED) is 0.644. The van der Waals surface area contributed by atoms with Crippen LogP contribution in [-0.4, -0.2) is 58.7 Å². The Morgan fingerprint density at radius 2 is 1.82 bits per heavy atom. The van der Waals surface area contributed by atoms with Crippen molar-refractivity contribution in [2.75, 3.05) is 25.0 Å². The van der Waals surface area contributed by atoms with Gasteiger partial charge in [-0.15, -0.1) is 10.2 Å². The fourth-order valence-corrected chi connectivity index (χ4v) is 4.47. The Morgan fingerprint density at radius 1 is 1.11 bits per heavy atom. The zero-order valence-corrected chi connectivity index (χ0v) is 16.2. The summed E-state index contributed by atoms with van der Waals surface area (Å²) in [5.74, 6) is 0.370. The average Bonchev–Trinajstić information content (AvgIpc) is 3.08. The number of nitrogens with zero attached hydrogens (tertiary/aromatic N) is 6. The van der Waals surface area contributed by atoms with E-state index in [4.69, 9.17) is 0 Å². The topological polar surface area (TPSA) is 84.2 Å². The lowest BCUT2D eigenvalue weighted by Gasteiger charge is -2.43. The van der Waals surface area contributed by atoms with Crippen molar-refractivity contribution < 1.29 is 12.8 Å². The molecule has 0 saturated carbocycles. The summed E-state index contributed by atoms with van der Waals surface area (Å²) < 4.78 is 41.2. The lowest BCUT2D eigenvalue weighted by molar-refractivity contribution is 0.306. The first kappa shape index (κ1) is 18.5. The molecule has 0 aliphatic carbocycles. The molecule has 0 amide bonds. The van der Waals surface area contributed by atoms with Gasteiger partial charge < -0.3 is 9.47 Å². The Balaban J connectivity index is 1.42. The van der Waals surface area contributed by atoms with Crippen LogP contribution in [0, 0.1) is 5.82 Å². The highest BCUT2D eigenvalue weighted by Gasteiger charge is 2.38. The summed E-state index contributed by atoms with van der Waals surface area (Å²) in [5.41, 5.74) is 1.43. The monoisotopic (exact) mass is 402 g/mol. The molecule has 0 unspecified atom stereocenters. The fraction of sp³-hybridized carbons (Fsp3) is 0.278. The van der Waals surface area contributed by atoms with E-state index in [1.807, 2.05) is 17.0 Å². The van der Waals surface area contributed by atoms with Gasteiger partial charge in [0.2, 0.25) is 5.16 Å². The first-order valence-electron chi connectivity index (χ1n) is 8.66. The largest absolute Gasteiger partial charge is 0.352 e. The van der Waals surface area contributed by atoms with Crippen molar-refractivity contribution in [2.45, 2.75) is 11.2 Å². The number of rotatable bonds is 5. The third-order valence-electron chi connectivity index (χ3n) is 4.88. The summed E-state index contributed by atoms with van der Waals surface area (Å²) in [6.45, 7) is 1.04. The van der Waals surface area contributed by atoms with E-state index < -0.39 is 10.0 Å². The molecule has 0 radical (unpaired) electrons. The van der Waals surface area contributed by atoms with Gasteiger partial charge in [0.1, 0.15) is 5.82 Å². The maximum atomic E-state index is 13.0. The van der Waals surface area contributed by atoms with Crippen LogP contribution in [0.5, 0.6) is 0 Å². The van der Waals surface area contributed by atoms with Crippen LogP contribution < -0.4 is 4.90 Å². The summed E-state index contributed by atoms with van der Waals surface area (Å²) >= 11 is 0. The predicted molar refractivity (Wildman–Crippen MR) is 102 cm³/mol. The van der Waals surface area contributed by atoms with E-state index in [2.05, 4.69) is 15.2 Å². The highest BCUT2D eigenvalue weighted by atomic mass is 32.2. The average molecular weight is 402 g/mol. The van der Waals surface area contributed by atoms with Gasteiger partial charge in [-0.25, -0.2) is 17.8 Å². The maximum Gasteiger partial charge on any atom is 0.277 e. The van der Waals surface area contributed by atoms with Crippen molar-refractivity contribution in [1.29, 1.82) is 0 Å². The normalized spacial score (nSPS) is 15.1. The molecule has 0 atom stereocenters. The van der Waals surface area contributed by atoms with Gasteiger partial charge in [0.15, 0.2) is 5.82 Å². The van der Waals surface area contributed by atoms with E-state index in [1.165, 1.54) is 27.2 Å². The zero-order valence-electron chi connectivity index (χ0n) is 15.4. The summed E-state index contributed by atoms with van der Waals surface area (Å²) in [5, 5.41) is 8.44. The third kappa shape index (κ3) is 3.25. The molecule has 28 heavy (non-hydrogen) atoms. The van der Waals surface area contributed by atoms with Crippen molar-refractivity contribution in [2.24, 2.45) is 7.05 Å². The molecule has 146 valence electrons. The first-order valence-corrected chi connectivity index (χ1v) is 10.1. The highest BCUT2D eigenvalue weighted by molar-refractivity contribution is 7.89. The minimum absolute atomic E-state index is 0.0249. The summed E-state index contributed by atoms with van der Waals surface area (Å²) in [6, 6.07) is 9.53. The molecule has 3 heterocycles. The van der Waals surface area contributed by atoms with Gasteiger partial charge in [-0.05, 0) is 36.4 Å². The van der Waals surface area contributed by atoms with Gasteiger partial charge in [0.25, 0.3) is 10.0 Å². The summed E-state index contributed by atoms with van der Waals surface area (Å²) in [6.07, 6.45) is 3.07. The van der Waals surface area contributed by atoms with Crippen molar-refractivity contribution >= 4 is 15.8 Å². The summed E-state index contributed by atoms with van der Waals surface area (Å²) in [4.78, 5) is 5.90. The Morgan fingerprint density at radius 3 is 2.39 bits per heavy atom. The molecule has 1 aliphatic rings. The second-order valence-electron chi connectivity index (χ2n) is 6.68. The molecule has 0 bridgehead atoms. The zero-order chi connectivity index (χ0) is 19.9. The van der Waals surface area contributed by atoms with Crippen molar-refractivity contribution in [3.8, 4) is 11.3 Å². The van der Waals surface area contributed by atoms with Crippen LogP contribution in [0.4, 0.5) is 10.2 Å². The molecule has 2 aromatic heterocycles. The number of imidazole rings is 1. The van der Waals surface area contributed by atoms with Crippen molar-refractivity contribution in [3.63, 3.8) is 0 Å². The van der Waals surface area contributed by atoms with Crippen LogP contribution in [0.3, 0.4) is 0 Å². The number of hydrogen-bond donors (Lipinski definition) is 0. The Bertz CT molecular complexity index is 1080. The molecule has 1 fully saturated rings. The summed E-state index contributed by atoms with van der Waals surface area (Å²) in [7, 11) is -0.430. The molecule has 1 aromatic carbocycles. The number of aromatic nitrogens is 4. The molecule has 3 aromatic rings. The van der Waals surface area contributed by atoms with Gasteiger partial charge in [0.05, 0.1) is 11.7 Å². The molecule has 0 N–H and O–H groups in total. The van der Waals surface area contributed by atoms with E-state index in [1.54, 1.807) is 32.4 Å². The third-order valence-corrected chi connectivity index (χ3v) is 6.79. The van der Waals surface area contributed by atoms with E-state index >= 15 is 0 Å². The lowest BCUT2D eigenvalue weighted by Crippen LogP contribution is -2.60. The van der Waals surface area contributed by atoms with Gasteiger partial charge in [0, 0.05) is 45.1 Å². The SMILES string of the molecule is CN(C1CN(c2ccc(-c3ccc(F)cc3)nn2)C1)S(=O)(=O)c1nccn1C. The van der Waals surface area contributed by atoms with Gasteiger partial charge >= 0.3 is 0 Å². The minimum atomic E-state index is -3.65. The molecule has 8 nitrogen and oxygen atoms in total. The van der Waals surface area contributed by atoms with E-state index in [9.17, 15) is 12.8 Å². The molecular formula is C18H19FN6O2S. The Hall–Kier alpha value is -2.85. The standard InChI is InChI=1S/C18H19FN6O2S/c1-23-10-9-20-18(23)28(26,27)24(2)15-11-25(12-15)17-8-7-16(21-22-17)13-3-5-14(19)6-4-13/h3-10,15H,11-12H2,1-2H3. The van der Waals surface area contributed by atoms with Crippen molar-refractivity contribution in [3.05, 3.63) is 54.6 Å². The van der Waals surface area contributed by atoms with Crippen LogP contribution in [0.25, 0.3) is 11.3 Å². The van der Waals surface area contributed by atoms with E-state index in [0.29, 0.717) is 24.6 Å². The molecule has 1 aliphatic heterocycles. The maximum absolute atomic E-state index is 13.0. The Kier molecular flexibility index (Phi) is 4.60. The molecule has 4 rings (SSSR count). The number of hydrogen-bond acceptors (Lipinski definition) is 6. The van der Waals surface area contributed by atoms with Crippen LogP contribution in [0.1, 0.15) is 0 Å².